The van der Waals surface area contributed by atoms with Crippen LogP contribution >= 0.6 is 23.2 Å². The van der Waals surface area contributed by atoms with Crippen LogP contribution in [0.1, 0.15) is 19.4 Å². The highest BCUT2D eigenvalue weighted by molar-refractivity contribution is 6.42. The molecule has 0 N–H and O–H groups in total. The van der Waals surface area contributed by atoms with Gasteiger partial charge in [-0.3, -0.25) is 9.59 Å². The maximum atomic E-state index is 12.4. The Labute approximate surface area is 135 Å². The number of hydrogen-bond acceptors (Lipinski definition) is 3. The molecule has 1 aromatic carbocycles. The molecule has 1 aromatic rings. The zero-order valence-electron chi connectivity index (χ0n) is 12.6. The molecule has 0 aliphatic carbocycles. The first-order chi connectivity index (χ1) is 9.72. The molecule has 0 bridgehead atoms. The van der Waals surface area contributed by atoms with Crippen molar-refractivity contribution < 1.29 is 9.59 Å². The molecule has 0 saturated heterocycles. The molecular formula is C16H19Cl2NO2. The molecule has 1 rings (SSSR count). The van der Waals surface area contributed by atoms with E-state index in [9.17, 15) is 9.59 Å². The van der Waals surface area contributed by atoms with E-state index in [2.05, 4.69) is 0 Å². The van der Waals surface area contributed by atoms with Crippen molar-refractivity contribution in [2.75, 3.05) is 20.6 Å². The van der Waals surface area contributed by atoms with Gasteiger partial charge in [0.05, 0.1) is 15.6 Å². The molecule has 0 saturated carbocycles. The number of nitrogens with zero attached hydrogens (tertiary/aromatic N) is 1. The van der Waals surface area contributed by atoms with Crippen molar-refractivity contribution in [2.45, 2.75) is 13.8 Å². The predicted octanol–water partition coefficient (Wildman–Crippen LogP) is 3.73. The second kappa shape index (κ2) is 7.74. The summed E-state index contributed by atoms with van der Waals surface area (Å²) in [6.45, 7) is 3.79. The van der Waals surface area contributed by atoms with E-state index in [-0.39, 0.29) is 23.1 Å². The number of allylic oxidation sites excluding steroid dienone is 1. The van der Waals surface area contributed by atoms with Gasteiger partial charge in [0.25, 0.3) is 0 Å². The van der Waals surface area contributed by atoms with Crippen molar-refractivity contribution in [3.05, 3.63) is 39.4 Å². The van der Waals surface area contributed by atoms with E-state index >= 15 is 0 Å². The minimum absolute atomic E-state index is 0.165. The maximum Gasteiger partial charge on any atom is 0.170 e. The third kappa shape index (κ3) is 5.27. The van der Waals surface area contributed by atoms with Gasteiger partial charge in [-0.05, 0) is 44.8 Å². The molecule has 5 heteroatoms. The Balaban J connectivity index is 3.11. The van der Waals surface area contributed by atoms with E-state index in [4.69, 9.17) is 23.2 Å². The molecule has 3 nitrogen and oxygen atoms in total. The Kier molecular flexibility index (Phi) is 6.59. The number of benzene rings is 1. The largest absolute Gasteiger partial charge is 0.309 e. The first-order valence-corrected chi connectivity index (χ1v) is 7.34. The fourth-order valence-electron chi connectivity index (χ4n) is 2.01. The van der Waals surface area contributed by atoms with Crippen molar-refractivity contribution in [1.29, 1.82) is 0 Å². The van der Waals surface area contributed by atoms with Crippen LogP contribution in [-0.2, 0) is 9.59 Å². The fraction of sp³-hybridized carbons (Fsp3) is 0.375. The van der Waals surface area contributed by atoms with Crippen molar-refractivity contribution in [3.63, 3.8) is 0 Å². The number of carbonyl (C=O) groups excluding carboxylic acids is 2. The summed E-state index contributed by atoms with van der Waals surface area (Å²) in [5.41, 5.74) is 0.864. The van der Waals surface area contributed by atoms with E-state index in [0.29, 0.717) is 22.2 Å². The van der Waals surface area contributed by atoms with Gasteiger partial charge in [-0.2, -0.15) is 0 Å². The molecule has 0 aromatic heterocycles. The summed E-state index contributed by atoms with van der Waals surface area (Å²) in [6, 6.07) is 5.00. The van der Waals surface area contributed by atoms with Crippen LogP contribution in [0.5, 0.6) is 0 Å². The Bertz CT molecular complexity index is 580. The summed E-state index contributed by atoms with van der Waals surface area (Å²) in [6.07, 6.45) is 1.57. The van der Waals surface area contributed by atoms with Crippen molar-refractivity contribution in [1.82, 2.24) is 4.90 Å². The first kappa shape index (κ1) is 17.9. The fourth-order valence-corrected chi connectivity index (χ4v) is 2.32. The first-order valence-electron chi connectivity index (χ1n) is 6.59. The summed E-state index contributed by atoms with van der Waals surface area (Å²) in [7, 11) is 3.78. The lowest BCUT2D eigenvalue weighted by molar-refractivity contribution is -0.122. The number of carbonyl (C=O) groups is 2. The molecule has 21 heavy (non-hydrogen) atoms. The van der Waals surface area contributed by atoms with E-state index in [1.165, 1.54) is 6.92 Å². The van der Waals surface area contributed by atoms with Gasteiger partial charge in [0.2, 0.25) is 0 Å². The van der Waals surface area contributed by atoms with Crippen LogP contribution in [0.25, 0.3) is 6.08 Å². The van der Waals surface area contributed by atoms with Crippen LogP contribution in [0, 0.1) is 5.92 Å². The lowest BCUT2D eigenvalue weighted by atomic mass is 9.94. The maximum absolute atomic E-state index is 12.4. The molecular weight excluding hydrogens is 309 g/mol. The lowest BCUT2D eigenvalue weighted by Crippen LogP contribution is -2.28. The normalized spacial score (nSPS) is 13.4. The van der Waals surface area contributed by atoms with Crippen LogP contribution in [0.2, 0.25) is 10.0 Å². The van der Waals surface area contributed by atoms with Gasteiger partial charge >= 0.3 is 0 Å². The van der Waals surface area contributed by atoms with E-state index in [1.807, 2.05) is 25.9 Å². The Hall–Kier alpha value is -1.16. The summed E-state index contributed by atoms with van der Waals surface area (Å²) in [5, 5.41) is 0.826. The van der Waals surface area contributed by atoms with Gasteiger partial charge in [0.15, 0.2) is 11.6 Å². The Morgan fingerprint density at radius 2 is 1.86 bits per heavy atom. The summed E-state index contributed by atoms with van der Waals surface area (Å²) < 4.78 is 0. The van der Waals surface area contributed by atoms with Crippen LogP contribution in [0.3, 0.4) is 0 Å². The van der Waals surface area contributed by atoms with Gasteiger partial charge in [-0.1, -0.05) is 36.2 Å². The lowest BCUT2D eigenvalue weighted by Gasteiger charge is -2.16. The molecule has 0 heterocycles. The minimum atomic E-state index is -0.253. The number of halogens is 2. The van der Waals surface area contributed by atoms with Gasteiger partial charge < -0.3 is 4.90 Å². The quantitative estimate of drug-likeness (QED) is 0.454. The molecule has 0 amide bonds. The number of hydrogen-bond donors (Lipinski definition) is 0. The van der Waals surface area contributed by atoms with Crippen molar-refractivity contribution >= 4 is 40.8 Å². The van der Waals surface area contributed by atoms with Crippen molar-refractivity contribution in [2.24, 2.45) is 5.92 Å². The standard InChI is InChI=1S/C16H19Cl2NO2/c1-10(9-19(3)4)16(21)13(11(2)20)7-12-5-6-14(17)15(18)8-12/h5-8,10H,9H2,1-4H3/b13-7+/t10-/m0/s1. The Morgan fingerprint density at radius 3 is 2.33 bits per heavy atom. The van der Waals surface area contributed by atoms with Gasteiger partial charge in [0, 0.05) is 12.5 Å². The van der Waals surface area contributed by atoms with Crippen LogP contribution in [-0.4, -0.2) is 37.1 Å². The third-order valence-corrected chi connectivity index (χ3v) is 3.73. The van der Waals surface area contributed by atoms with Crippen LogP contribution < -0.4 is 0 Å². The van der Waals surface area contributed by atoms with Crippen LogP contribution in [0.15, 0.2) is 23.8 Å². The molecule has 0 aliphatic rings. The van der Waals surface area contributed by atoms with Crippen molar-refractivity contribution in [3.8, 4) is 0 Å². The van der Waals surface area contributed by atoms with E-state index < -0.39 is 0 Å². The smallest absolute Gasteiger partial charge is 0.170 e. The topological polar surface area (TPSA) is 37.4 Å². The van der Waals surface area contributed by atoms with Gasteiger partial charge in [-0.15, -0.1) is 0 Å². The predicted molar refractivity (Wildman–Crippen MR) is 87.8 cm³/mol. The highest BCUT2D eigenvalue weighted by atomic mass is 35.5. The second-order valence-corrected chi connectivity index (χ2v) is 6.13. The number of rotatable bonds is 6. The average Bonchev–Trinajstić information content (AvgIpc) is 2.38. The van der Waals surface area contributed by atoms with E-state index in [1.54, 1.807) is 24.3 Å². The second-order valence-electron chi connectivity index (χ2n) is 5.32. The van der Waals surface area contributed by atoms with Crippen LogP contribution in [0.4, 0.5) is 0 Å². The molecule has 0 radical (unpaired) electrons. The SMILES string of the molecule is CC(=O)/C(=C\c1ccc(Cl)c(Cl)c1)C(=O)[C@@H](C)CN(C)C. The summed E-state index contributed by atoms with van der Waals surface area (Å²) in [4.78, 5) is 26.1. The third-order valence-electron chi connectivity index (χ3n) is 2.99. The molecule has 0 spiro atoms. The molecule has 1 atom stereocenters. The summed E-state index contributed by atoms with van der Waals surface area (Å²) in [5.74, 6) is -0.670. The number of ketones is 2. The van der Waals surface area contributed by atoms with E-state index in [0.717, 1.165) is 0 Å². The van der Waals surface area contributed by atoms with Gasteiger partial charge in [0.1, 0.15) is 0 Å². The number of Topliss-reactive ketones (excluding diaryl/α,β-unsaturated/α-hetero) is 2. The zero-order valence-corrected chi connectivity index (χ0v) is 14.1. The zero-order chi connectivity index (χ0) is 16.2. The monoisotopic (exact) mass is 327 g/mol. The highest BCUT2D eigenvalue weighted by Gasteiger charge is 2.21. The van der Waals surface area contributed by atoms with Gasteiger partial charge in [-0.25, -0.2) is 0 Å². The highest BCUT2D eigenvalue weighted by Crippen LogP contribution is 2.24. The Morgan fingerprint density at radius 1 is 1.24 bits per heavy atom. The minimum Gasteiger partial charge on any atom is -0.309 e. The summed E-state index contributed by atoms with van der Waals surface area (Å²) >= 11 is 11.8. The molecule has 0 fully saturated rings. The molecule has 0 unspecified atom stereocenters. The molecule has 0 aliphatic heterocycles. The molecule has 114 valence electrons. The average molecular weight is 328 g/mol.